The van der Waals surface area contributed by atoms with Gasteiger partial charge >= 0.3 is 0 Å². The van der Waals surface area contributed by atoms with E-state index < -0.39 is 6.15 Å². The van der Waals surface area contributed by atoms with E-state index in [0.717, 1.165) is 11.5 Å². The fraction of sp³-hybridized carbons (Fsp3) is 0.212. The zero-order valence-corrected chi connectivity index (χ0v) is 35.0. The zero-order valence-electron chi connectivity index (χ0n) is 35.0. The monoisotopic (exact) mass is 750 g/mol. The number of allylic oxidation sites excluding steroid dienone is 4. The van der Waals surface area contributed by atoms with Gasteiger partial charge in [0.2, 0.25) is 5.69 Å². The first-order chi connectivity index (χ1) is 27.4. The maximum atomic E-state index is 5.46. The lowest BCUT2D eigenvalue weighted by Crippen LogP contribution is -2.74. The Hall–Kier alpha value is -6.07. The van der Waals surface area contributed by atoms with Crippen LogP contribution in [0.5, 0.6) is 11.5 Å². The van der Waals surface area contributed by atoms with Gasteiger partial charge in [0.1, 0.15) is 24.7 Å². The summed E-state index contributed by atoms with van der Waals surface area (Å²) in [6.07, 6.45) is 5.44. The third-order valence-electron chi connectivity index (χ3n) is 12.5. The third-order valence-corrected chi connectivity index (χ3v) is 12.5. The van der Waals surface area contributed by atoms with Gasteiger partial charge in [-0.2, -0.15) is 26.4 Å². The van der Waals surface area contributed by atoms with Crippen LogP contribution in [0.25, 0.3) is 0 Å². The Morgan fingerprint density at radius 2 is 1.05 bits per heavy atom. The molecule has 2 aliphatic heterocycles. The molecule has 4 nitrogen and oxygen atoms in total. The summed E-state index contributed by atoms with van der Waals surface area (Å²) in [5, 5.41) is 0. The highest BCUT2D eigenvalue weighted by molar-refractivity contribution is 7.19. The molecule has 0 aromatic heterocycles. The summed E-state index contributed by atoms with van der Waals surface area (Å²) in [5.74, 6) is 1.80. The van der Waals surface area contributed by atoms with Gasteiger partial charge in [-0.25, -0.2) is 0 Å². The van der Waals surface area contributed by atoms with Gasteiger partial charge in [-0.05, 0) is 62.7 Å². The second-order valence-electron chi connectivity index (χ2n) is 16.4. The van der Waals surface area contributed by atoms with E-state index in [9.17, 15) is 0 Å². The summed E-state index contributed by atoms with van der Waals surface area (Å²) in [4.78, 5) is 2.28. The SMILES string of the molecule is COc1ccc2c(c1)C(C)(C)C(/C=C/C=C1/N(C)c3ccc(OC)cc3C1(C)C)=[N+]2C.Cc1ccc([B-](c2ccccc2)(c2ccccc2)c2ccccc2)cc1. The predicted octanol–water partition coefficient (Wildman–Crippen LogP) is 8.95. The van der Waals surface area contributed by atoms with Crippen molar-refractivity contribution in [3.63, 3.8) is 0 Å². The maximum Gasteiger partial charge on any atom is 0.209 e. The van der Waals surface area contributed by atoms with Gasteiger partial charge in [0, 0.05) is 41.6 Å². The molecule has 0 bridgehead atoms. The van der Waals surface area contributed by atoms with Gasteiger partial charge in [0.05, 0.1) is 19.6 Å². The average molecular weight is 751 g/mol. The highest BCUT2D eigenvalue weighted by Crippen LogP contribution is 2.48. The zero-order chi connectivity index (χ0) is 40.4. The van der Waals surface area contributed by atoms with Gasteiger partial charge in [-0.3, -0.25) is 0 Å². The molecule has 57 heavy (non-hydrogen) atoms. The number of aryl methyl sites for hydroxylation is 1. The Morgan fingerprint density at radius 3 is 1.56 bits per heavy atom. The van der Waals surface area contributed by atoms with Gasteiger partial charge in [-0.15, -0.1) is 0 Å². The molecule has 6 aromatic rings. The van der Waals surface area contributed by atoms with E-state index in [1.54, 1.807) is 14.2 Å². The van der Waals surface area contributed by atoms with Crippen molar-refractivity contribution in [3.05, 3.63) is 192 Å². The van der Waals surface area contributed by atoms with Crippen molar-refractivity contribution in [3.8, 4) is 11.5 Å². The Labute approximate surface area is 340 Å². The first-order valence-electron chi connectivity index (χ1n) is 19.9. The molecule has 6 aromatic carbocycles. The van der Waals surface area contributed by atoms with Crippen molar-refractivity contribution >= 4 is 45.1 Å². The van der Waals surface area contributed by atoms with Crippen molar-refractivity contribution in [2.45, 2.75) is 45.4 Å². The largest absolute Gasteiger partial charge is 0.497 e. The average Bonchev–Trinajstić information content (AvgIpc) is 3.55. The van der Waals surface area contributed by atoms with Crippen molar-refractivity contribution in [1.82, 2.24) is 0 Å². The van der Waals surface area contributed by atoms with E-state index >= 15 is 0 Å². The van der Waals surface area contributed by atoms with E-state index in [1.165, 1.54) is 61.3 Å². The minimum atomic E-state index is -1.23. The molecular weight excluding hydrogens is 695 g/mol. The number of hydrogen-bond acceptors (Lipinski definition) is 3. The maximum absolute atomic E-state index is 5.46. The van der Waals surface area contributed by atoms with Crippen LogP contribution in [0.1, 0.15) is 44.4 Å². The summed E-state index contributed by atoms with van der Waals surface area (Å²) >= 11 is 0. The van der Waals surface area contributed by atoms with Crippen LogP contribution in [0.4, 0.5) is 11.4 Å². The molecule has 2 aliphatic rings. The Bertz CT molecular complexity index is 2350. The Morgan fingerprint density at radius 1 is 0.579 bits per heavy atom. The molecule has 0 fully saturated rings. The lowest BCUT2D eigenvalue weighted by molar-refractivity contribution is -0.401. The first kappa shape index (κ1) is 39.2. The molecule has 0 unspecified atom stereocenters. The number of rotatable bonds is 8. The molecule has 8 rings (SSSR count). The summed E-state index contributed by atoms with van der Waals surface area (Å²) in [6.45, 7) is 11.2. The third kappa shape index (κ3) is 7.01. The van der Waals surface area contributed by atoms with Crippen molar-refractivity contribution in [1.29, 1.82) is 0 Å². The molecule has 288 valence electrons. The van der Waals surface area contributed by atoms with E-state index in [4.69, 9.17) is 9.47 Å². The van der Waals surface area contributed by atoms with Crippen molar-refractivity contribution in [2.24, 2.45) is 0 Å². The summed E-state index contributed by atoms with van der Waals surface area (Å²) in [5.41, 5.74) is 14.0. The van der Waals surface area contributed by atoms with Crippen LogP contribution in [0.2, 0.25) is 0 Å². The fourth-order valence-electron chi connectivity index (χ4n) is 9.35. The smallest absolute Gasteiger partial charge is 0.209 e. The van der Waals surface area contributed by atoms with Crippen LogP contribution < -0.4 is 36.2 Å². The lowest BCUT2D eigenvalue weighted by atomic mass is 9.13. The molecule has 0 spiro atoms. The minimum Gasteiger partial charge on any atom is -0.497 e. The molecule has 5 heteroatoms. The number of anilines is 1. The number of nitrogens with zero attached hydrogens (tertiary/aromatic N) is 2. The van der Waals surface area contributed by atoms with Crippen LogP contribution in [0.15, 0.2) is 176 Å². The minimum absolute atomic E-state index is 0.0962. The Balaban J connectivity index is 0.000000177. The van der Waals surface area contributed by atoms with E-state index in [0.29, 0.717) is 0 Å². The van der Waals surface area contributed by atoms with Crippen LogP contribution in [0.3, 0.4) is 0 Å². The van der Waals surface area contributed by atoms with Crippen molar-refractivity contribution < 1.29 is 14.0 Å². The molecule has 0 amide bonds. The number of likely N-dealkylation sites (N-methyl/N-ethyl adjacent to an activating group) is 1. The number of ether oxygens (including phenoxy) is 2. The molecule has 0 radical (unpaired) electrons. The molecule has 0 atom stereocenters. The quantitative estimate of drug-likeness (QED) is 0.115. The van der Waals surface area contributed by atoms with Crippen molar-refractivity contribution in [2.75, 3.05) is 33.2 Å². The molecule has 0 saturated heterocycles. The van der Waals surface area contributed by atoms with Crippen LogP contribution >= 0.6 is 0 Å². The molecule has 2 heterocycles. The van der Waals surface area contributed by atoms with E-state index in [2.05, 4.69) is 216 Å². The summed E-state index contributed by atoms with van der Waals surface area (Å²) in [7, 11) is 7.72. The highest BCUT2D eigenvalue weighted by Gasteiger charge is 2.43. The predicted molar refractivity (Wildman–Crippen MR) is 243 cm³/mol. The number of fused-ring (bicyclic) bond motifs is 2. The topological polar surface area (TPSA) is 24.7 Å². The van der Waals surface area contributed by atoms with Crippen LogP contribution in [-0.2, 0) is 10.8 Å². The molecular formula is C52H55BN2O2. The number of methoxy groups -OCH3 is 2. The summed E-state index contributed by atoms with van der Waals surface area (Å²) < 4.78 is 13.2. The standard InChI is InChI=1S/C27H33N2O2.C25H22B/c1-26(2)20-16-18(30-7)12-14-22(20)28(5)24(26)10-9-11-25-27(3,4)21-17-19(31-8)13-15-23(21)29(25)6;1-21-17-19-25(20-18-21)26(22-11-5-2-6-12-22,23-13-7-3-8-14-23)24-15-9-4-10-16-24/h9-17H,1-8H3;2-20H,1H3/q+1;-1. The second-order valence-corrected chi connectivity index (χ2v) is 16.4. The number of benzene rings is 6. The van der Waals surface area contributed by atoms with Gasteiger partial charge < -0.3 is 14.4 Å². The molecule has 0 N–H and O–H groups in total. The van der Waals surface area contributed by atoms with Crippen LogP contribution in [0, 0.1) is 6.92 Å². The van der Waals surface area contributed by atoms with Gasteiger partial charge in [0.15, 0.2) is 5.71 Å². The second kappa shape index (κ2) is 15.8. The fourth-order valence-corrected chi connectivity index (χ4v) is 9.35. The molecule has 0 saturated carbocycles. The van der Waals surface area contributed by atoms with E-state index in [1.807, 2.05) is 12.1 Å². The van der Waals surface area contributed by atoms with Gasteiger partial charge in [-0.1, -0.05) is 141 Å². The highest BCUT2D eigenvalue weighted by atomic mass is 16.5. The normalized spacial score (nSPS) is 15.9. The lowest BCUT2D eigenvalue weighted by Gasteiger charge is -2.44. The molecule has 0 aliphatic carbocycles. The van der Waals surface area contributed by atoms with Crippen LogP contribution in [-0.4, -0.2) is 44.7 Å². The summed E-state index contributed by atoms with van der Waals surface area (Å²) in [6, 6.07) is 54.4. The Kier molecular flexibility index (Phi) is 10.9. The first-order valence-corrected chi connectivity index (χ1v) is 19.9. The van der Waals surface area contributed by atoms with E-state index in [-0.39, 0.29) is 10.8 Å². The van der Waals surface area contributed by atoms with Gasteiger partial charge in [0.25, 0.3) is 0 Å². The number of hydrogen-bond donors (Lipinski definition) is 0.